The monoisotopic (exact) mass is 301 g/mol. The van der Waals surface area contributed by atoms with E-state index in [-0.39, 0.29) is 28.9 Å². The predicted octanol–water partition coefficient (Wildman–Crippen LogP) is 3.52. The van der Waals surface area contributed by atoms with E-state index in [0.717, 1.165) is 12.0 Å². The third-order valence-electron chi connectivity index (χ3n) is 3.19. The van der Waals surface area contributed by atoms with Crippen molar-refractivity contribution in [2.24, 2.45) is 5.41 Å². The van der Waals surface area contributed by atoms with Crippen LogP contribution in [0.4, 0.5) is 4.39 Å². The zero-order valence-corrected chi connectivity index (χ0v) is 13.0. The van der Waals surface area contributed by atoms with Gasteiger partial charge in [-0.25, -0.2) is 9.37 Å². The van der Waals surface area contributed by atoms with Gasteiger partial charge in [-0.2, -0.15) is 0 Å². The number of aromatic nitrogens is 2. The van der Waals surface area contributed by atoms with E-state index in [1.807, 2.05) is 0 Å². The van der Waals surface area contributed by atoms with Crippen LogP contribution < -0.4 is 5.32 Å². The molecule has 22 heavy (non-hydrogen) atoms. The number of carbonyl (C=O) groups excluding carboxylic acids is 1. The Hall–Kier alpha value is -2.30. The smallest absolute Gasteiger partial charge is 0.271 e. The van der Waals surface area contributed by atoms with Crippen LogP contribution in [0.2, 0.25) is 0 Å². The average molecular weight is 301 g/mol. The molecule has 2 rings (SSSR count). The maximum Gasteiger partial charge on any atom is 0.271 e. The van der Waals surface area contributed by atoms with Gasteiger partial charge in [-0.3, -0.25) is 9.78 Å². The normalized spacial score (nSPS) is 12.7. The Morgan fingerprint density at radius 3 is 2.45 bits per heavy atom. The average Bonchev–Trinajstić information content (AvgIpc) is 2.47. The van der Waals surface area contributed by atoms with Crippen molar-refractivity contribution in [2.45, 2.75) is 33.2 Å². The maximum atomic E-state index is 13.1. The lowest BCUT2D eigenvalue weighted by molar-refractivity contribution is 0.0921. The topological polar surface area (TPSA) is 54.9 Å². The minimum absolute atomic E-state index is 0.00863. The zero-order chi connectivity index (χ0) is 16.2. The summed E-state index contributed by atoms with van der Waals surface area (Å²) >= 11 is 0. The Labute approximate surface area is 129 Å². The van der Waals surface area contributed by atoms with Crippen molar-refractivity contribution in [2.75, 3.05) is 0 Å². The number of hydrogen-bond donors (Lipinski definition) is 1. The molecule has 4 nitrogen and oxygen atoms in total. The molecule has 5 heteroatoms. The highest BCUT2D eigenvalue weighted by Crippen LogP contribution is 2.29. The van der Waals surface area contributed by atoms with Gasteiger partial charge in [0.25, 0.3) is 5.91 Å². The van der Waals surface area contributed by atoms with Gasteiger partial charge in [-0.15, -0.1) is 0 Å². The number of benzene rings is 1. The fourth-order valence-corrected chi connectivity index (χ4v) is 2.21. The minimum Gasteiger partial charge on any atom is -0.344 e. The molecule has 1 aromatic heterocycles. The van der Waals surface area contributed by atoms with E-state index >= 15 is 0 Å². The third kappa shape index (κ3) is 4.62. The lowest BCUT2D eigenvalue weighted by atomic mass is 9.85. The van der Waals surface area contributed by atoms with E-state index in [4.69, 9.17) is 0 Å². The second kappa shape index (κ2) is 6.64. The SMILES string of the molecule is CC(C)(C)C[C@@H](NC(=O)c1cnccn1)c1ccc(F)cc1. The summed E-state index contributed by atoms with van der Waals surface area (Å²) in [5.41, 5.74) is 1.14. The summed E-state index contributed by atoms with van der Waals surface area (Å²) in [7, 11) is 0. The fourth-order valence-electron chi connectivity index (χ4n) is 2.21. The lowest BCUT2D eigenvalue weighted by Crippen LogP contribution is -2.31. The van der Waals surface area contributed by atoms with E-state index < -0.39 is 0 Å². The van der Waals surface area contributed by atoms with Crippen molar-refractivity contribution in [3.05, 3.63) is 59.9 Å². The molecule has 0 aliphatic rings. The standard InChI is InChI=1S/C17H20FN3O/c1-17(2,3)10-14(12-4-6-13(18)7-5-12)21-16(22)15-11-19-8-9-20-15/h4-9,11,14H,10H2,1-3H3,(H,21,22)/t14-/m1/s1. The molecule has 0 aliphatic carbocycles. The summed E-state index contributed by atoms with van der Waals surface area (Å²) in [6, 6.07) is 5.99. The van der Waals surface area contributed by atoms with Gasteiger partial charge in [0.05, 0.1) is 12.2 Å². The molecule has 1 N–H and O–H groups in total. The van der Waals surface area contributed by atoms with Crippen LogP contribution in [-0.4, -0.2) is 15.9 Å². The van der Waals surface area contributed by atoms with Crippen LogP contribution in [-0.2, 0) is 0 Å². The van der Waals surface area contributed by atoms with Crippen molar-refractivity contribution in [3.8, 4) is 0 Å². The van der Waals surface area contributed by atoms with Crippen molar-refractivity contribution >= 4 is 5.91 Å². The molecule has 2 aromatic rings. The molecular weight excluding hydrogens is 281 g/mol. The zero-order valence-electron chi connectivity index (χ0n) is 13.0. The second-order valence-corrected chi connectivity index (χ2v) is 6.43. The summed E-state index contributed by atoms with van der Waals surface area (Å²) in [6.45, 7) is 6.29. The summed E-state index contributed by atoms with van der Waals surface area (Å²) in [6.07, 6.45) is 5.15. The molecule has 0 unspecified atom stereocenters. The van der Waals surface area contributed by atoms with Gasteiger partial charge < -0.3 is 5.32 Å². The Kier molecular flexibility index (Phi) is 4.85. The van der Waals surface area contributed by atoms with Gasteiger partial charge in [-0.1, -0.05) is 32.9 Å². The largest absolute Gasteiger partial charge is 0.344 e. The van der Waals surface area contributed by atoms with Crippen molar-refractivity contribution in [1.82, 2.24) is 15.3 Å². The summed E-state index contributed by atoms with van der Waals surface area (Å²) in [5.74, 6) is -0.579. The Balaban J connectivity index is 2.21. The number of hydrogen-bond acceptors (Lipinski definition) is 3. The first-order valence-electron chi connectivity index (χ1n) is 7.17. The van der Waals surface area contributed by atoms with Gasteiger partial charge >= 0.3 is 0 Å². The number of carbonyl (C=O) groups is 1. The molecule has 0 fully saturated rings. The summed E-state index contributed by atoms with van der Waals surface area (Å²) in [4.78, 5) is 20.2. The van der Waals surface area contributed by atoms with Crippen LogP contribution in [0.15, 0.2) is 42.9 Å². The Morgan fingerprint density at radius 2 is 1.91 bits per heavy atom. The van der Waals surface area contributed by atoms with Crippen molar-refractivity contribution in [1.29, 1.82) is 0 Å². The third-order valence-corrected chi connectivity index (χ3v) is 3.19. The van der Waals surface area contributed by atoms with Gasteiger partial charge in [0.2, 0.25) is 0 Å². The molecule has 0 bridgehead atoms. The van der Waals surface area contributed by atoms with Crippen LogP contribution in [0.3, 0.4) is 0 Å². The molecule has 0 radical (unpaired) electrons. The second-order valence-electron chi connectivity index (χ2n) is 6.43. The van der Waals surface area contributed by atoms with Gasteiger partial charge in [-0.05, 0) is 29.5 Å². The lowest BCUT2D eigenvalue weighted by Gasteiger charge is -2.27. The molecule has 116 valence electrons. The Morgan fingerprint density at radius 1 is 1.23 bits per heavy atom. The molecule has 1 atom stereocenters. The molecule has 0 aliphatic heterocycles. The van der Waals surface area contributed by atoms with Gasteiger partial charge in [0.1, 0.15) is 11.5 Å². The van der Waals surface area contributed by atoms with Gasteiger partial charge in [0, 0.05) is 12.4 Å². The van der Waals surface area contributed by atoms with E-state index in [1.54, 1.807) is 12.1 Å². The summed E-state index contributed by atoms with van der Waals surface area (Å²) in [5, 5.41) is 2.96. The van der Waals surface area contributed by atoms with Crippen LogP contribution in [0.1, 0.15) is 49.3 Å². The first kappa shape index (κ1) is 16.1. The van der Waals surface area contributed by atoms with Crippen molar-refractivity contribution < 1.29 is 9.18 Å². The first-order valence-corrected chi connectivity index (χ1v) is 7.17. The molecule has 1 heterocycles. The highest BCUT2D eigenvalue weighted by atomic mass is 19.1. The molecule has 0 saturated carbocycles. The first-order chi connectivity index (χ1) is 10.3. The van der Waals surface area contributed by atoms with Crippen LogP contribution in [0.5, 0.6) is 0 Å². The number of nitrogens with one attached hydrogen (secondary N) is 1. The van der Waals surface area contributed by atoms with E-state index in [2.05, 4.69) is 36.1 Å². The fraction of sp³-hybridized carbons (Fsp3) is 0.353. The van der Waals surface area contributed by atoms with E-state index in [0.29, 0.717) is 0 Å². The molecule has 1 amide bonds. The van der Waals surface area contributed by atoms with Crippen LogP contribution in [0.25, 0.3) is 0 Å². The predicted molar refractivity (Wildman–Crippen MR) is 82.7 cm³/mol. The highest BCUT2D eigenvalue weighted by Gasteiger charge is 2.23. The number of rotatable bonds is 4. The van der Waals surface area contributed by atoms with Crippen LogP contribution >= 0.6 is 0 Å². The molecule has 0 saturated heterocycles. The molecule has 0 spiro atoms. The molecular formula is C17H20FN3O. The maximum absolute atomic E-state index is 13.1. The molecule has 1 aromatic carbocycles. The van der Waals surface area contributed by atoms with E-state index in [1.165, 1.54) is 30.7 Å². The van der Waals surface area contributed by atoms with Gasteiger partial charge in [0.15, 0.2) is 0 Å². The number of halogens is 1. The number of amides is 1. The number of nitrogens with zero attached hydrogens (tertiary/aromatic N) is 2. The van der Waals surface area contributed by atoms with E-state index in [9.17, 15) is 9.18 Å². The highest BCUT2D eigenvalue weighted by molar-refractivity contribution is 5.92. The Bertz CT molecular complexity index is 621. The summed E-state index contributed by atoms with van der Waals surface area (Å²) < 4.78 is 13.1. The van der Waals surface area contributed by atoms with Crippen molar-refractivity contribution in [3.63, 3.8) is 0 Å². The quantitative estimate of drug-likeness (QED) is 0.940. The minimum atomic E-state index is -0.293. The van der Waals surface area contributed by atoms with Crippen LogP contribution in [0, 0.1) is 11.2 Å².